The summed E-state index contributed by atoms with van der Waals surface area (Å²) in [5.74, 6) is -0.283. The Morgan fingerprint density at radius 2 is 1.91 bits per heavy atom. The van der Waals surface area contributed by atoms with Gasteiger partial charge >= 0.3 is 11.7 Å². The maximum absolute atomic E-state index is 12.8. The number of carbonyl (C=O) groups is 3. The van der Waals surface area contributed by atoms with E-state index in [0.717, 1.165) is 25.7 Å². The van der Waals surface area contributed by atoms with Gasteiger partial charge in [0, 0.05) is 19.4 Å². The molecule has 0 aliphatic heterocycles. The molecule has 0 atom stereocenters. The third-order valence-corrected chi connectivity index (χ3v) is 5.71. The van der Waals surface area contributed by atoms with E-state index in [9.17, 15) is 24.5 Å². The van der Waals surface area contributed by atoms with E-state index in [2.05, 4.69) is 0 Å². The summed E-state index contributed by atoms with van der Waals surface area (Å²) in [6.07, 6.45) is 7.19. The molecular weight excluding hydrogens is 416 g/mol. The second-order valence-corrected chi connectivity index (χ2v) is 8.04. The normalized spacial score (nSPS) is 13.9. The van der Waals surface area contributed by atoms with Gasteiger partial charge in [-0.15, -0.1) is 0 Å². The monoisotopic (exact) mass is 448 g/mol. The Bertz CT molecular complexity index is 819. The van der Waals surface area contributed by atoms with Crippen molar-refractivity contribution in [1.29, 1.82) is 0 Å². The van der Waals surface area contributed by atoms with E-state index in [4.69, 9.17) is 9.47 Å². The Balaban J connectivity index is 1.87. The van der Waals surface area contributed by atoms with E-state index in [1.165, 1.54) is 19.4 Å². The van der Waals surface area contributed by atoms with Crippen LogP contribution in [0.25, 0.3) is 0 Å². The summed E-state index contributed by atoms with van der Waals surface area (Å²) in [7, 11) is 0. The topological polar surface area (TPSA) is 116 Å². The van der Waals surface area contributed by atoms with Crippen LogP contribution in [0, 0.1) is 17.0 Å². The molecule has 0 bridgehead atoms. The number of rotatable bonds is 12. The van der Waals surface area contributed by atoms with Crippen molar-refractivity contribution in [3.63, 3.8) is 0 Å². The summed E-state index contributed by atoms with van der Waals surface area (Å²) in [6, 6.07) is 3.28. The van der Waals surface area contributed by atoms with Gasteiger partial charge in [-0.3, -0.25) is 24.5 Å². The van der Waals surface area contributed by atoms with Crippen LogP contribution in [0.4, 0.5) is 5.69 Å². The molecule has 1 saturated carbocycles. The van der Waals surface area contributed by atoms with Gasteiger partial charge in [-0.25, -0.2) is 0 Å². The predicted molar refractivity (Wildman–Crippen MR) is 118 cm³/mol. The number of hydrogen-bond acceptors (Lipinski definition) is 7. The molecule has 9 heteroatoms. The molecule has 0 spiro atoms. The minimum Gasteiger partial charge on any atom is -0.487 e. The van der Waals surface area contributed by atoms with Crippen LogP contribution in [0.3, 0.4) is 0 Å². The highest BCUT2D eigenvalue weighted by molar-refractivity contribution is 5.85. The smallest absolute Gasteiger partial charge is 0.321 e. The molecule has 2 rings (SSSR count). The fourth-order valence-corrected chi connectivity index (χ4v) is 4.04. The summed E-state index contributed by atoms with van der Waals surface area (Å²) >= 11 is 0. The summed E-state index contributed by atoms with van der Waals surface area (Å²) in [5.41, 5.74) is 0.199. The number of nitro benzene ring substituents is 1. The first-order chi connectivity index (χ1) is 15.3. The van der Waals surface area contributed by atoms with Crippen LogP contribution >= 0.6 is 0 Å². The van der Waals surface area contributed by atoms with Gasteiger partial charge in [0.25, 0.3) is 0 Å². The van der Waals surface area contributed by atoms with Gasteiger partial charge in [0.15, 0.2) is 12.0 Å². The van der Waals surface area contributed by atoms with Crippen molar-refractivity contribution in [2.75, 3.05) is 19.8 Å². The maximum Gasteiger partial charge on any atom is 0.321 e. The third kappa shape index (κ3) is 7.32. The van der Waals surface area contributed by atoms with Crippen molar-refractivity contribution >= 4 is 23.9 Å². The summed E-state index contributed by atoms with van der Waals surface area (Å²) in [5, 5.41) is 11.4. The average Bonchev–Trinajstić information content (AvgIpc) is 2.77. The third-order valence-electron chi connectivity index (χ3n) is 5.71. The van der Waals surface area contributed by atoms with Gasteiger partial charge in [-0.2, -0.15) is 0 Å². The zero-order valence-corrected chi connectivity index (χ0v) is 18.8. The van der Waals surface area contributed by atoms with Crippen molar-refractivity contribution in [3.05, 3.63) is 33.4 Å². The number of aryl methyl sites for hydroxylation is 1. The van der Waals surface area contributed by atoms with Crippen molar-refractivity contribution in [2.45, 2.75) is 71.3 Å². The zero-order valence-electron chi connectivity index (χ0n) is 18.8. The molecule has 0 aromatic heterocycles. The molecule has 1 fully saturated rings. The molecular formula is C23H32N2O7. The molecule has 0 radical (unpaired) electrons. The summed E-state index contributed by atoms with van der Waals surface area (Å²) < 4.78 is 10.6. The molecule has 0 N–H and O–H groups in total. The number of amides is 1. The molecule has 32 heavy (non-hydrogen) atoms. The summed E-state index contributed by atoms with van der Waals surface area (Å²) in [4.78, 5) is 47.7. The number of unbranched alkanes of at least 4 members (excludes halogenated alkanes) is 1. The van der Waals surface area contributed by atoms with Crippen LogP contribution < -0.4 is 4.74 Å². The van der Waals surface area contributed by atoms with Gasteiger partial charge < -0.3 is 14.4 Å². The number of benzene rings is 1. The van der Waals surface area contributed by atoms with Gasteiger partial charge in [0.2, 0.25) is 5.91 Å². The van der Waals surface area contributed by atoms with Crippen molar-refractivity contribution < 1.29 is 28.8 Å². The van der Waals surface area contributed by atoms with Gasteiger partial charge in [0.1, 0.15) is 6.61 Å². The Morgan fingerprint density at radius 1 is 1.19 bits per heavy atom. The minimum atomic E-state index is -0.610. The van der Waals surface area contributed by atoms with Gasteiger partial charge in [-0.05, 0) is 44.2 Å². The van der Waals surface area contributed by atoms with E-state index in [0.29, 0.717) is 37.7 Å². The fraction of sp³-hybridized carbons (Fsp3) is 0.609. The maximum atomic E-state index is 12.8. The molecule has 176 valence electrons. The Hall–Kier alpha value is -2.97. The number of ether oxygens (including phenoxy) is 2. The van der Waals surface area contributed by atoms with E-state index in [1.807, 2.05) is 4.90 Å². The largest absolute Gasteiger partial charge is 0.487 e. The molecule has 0 heterocycles. The average molecular weight is 449 g/mol. The van der Waals surface area contributed by atoms with Crippen LogP contribution in [0.2, 0.25) is 0 Å². The van der Waals surface area contributed by atoms with E-state index in [-0.39, 0.29) is 48.1 Å². The number of nitrogens with zero attached hydrogens (tertiary/aromatic N) is 2. The van der Waals surface area contributed by atoms with Gasteiger partial charge in [-0.1, -0.05) is 25.3 Å². The zero-order chi connectivity index (χ0) is 23.5. The minimum absolute atomic E-state index is 0.0126. The number of esters is 1. The second-order valence-electron chi connectivity index (χ2n) is 8.04. The first-order valence-corrected chi connectivity index (χ1v) is 11.1. The lowest BCUT2D eigenvalue weighted by Gasteiger charge is -2.34. The van der Waals surface area contributed by atoms with Crippen LogP contribution in [0.5, 0.6) is 5.75 Å². The Kier molecular flexibility index (Phi) is 10.1. The van der Waals surface area contributed by atoms with Crippen LogP contribution in [-0.4, -0.2) is 53.8 Å². The SMILES string of the molecule is CC(=O)OCCN(C(=O)CCCCOc1ccc(C)c(C=O)c1[N+](=O)[O-])C1CCCCC1. The predicted octanol–water partition coefficient (Wildman–Crippen LogP) is 3.99. The first kappa shape index (κ1) is 25.3. The highest BCUT2D eigenvalue weighted by Crippen LogP contribution is 2.32. The lowest BCUT2D eigenvalue weighted by molar-refractivity contribution is -0.386. The molecule has 1 aliphatic carbocycles. The summed E-state index contributed by atoms with van der Waals surface area (Å²) in [6.45, 7) is 3.77. The van der Waals surface area contributed by atoms with Crippen molar-refractivity contribution in [2.24, 2.45) is 0 Å². The number of hydrogen-bond donors (Lipinski definition) is 0. The molecule has 1 aromatic carbocycles. The highest BCUT2D eigenvalue weighted by Gasteiger charge is 2.25. The van der Waals surface area contributed by atoms with E-state index < -0.39 is 4.92 Å². The van der Waals surface area contributed by atoms with Crippen molar-refractivity contribution in [3.8, 4) is 5.75 Å². The van der Waals surface area contributed by atoms with E-state index >= 15 is 0 Å². The highest BCUT2D eigenvalue weighted by atomic mass is 16.6. The number of carbonyl (C=O) groups excluding carboxylic acids is 3. The van der Waals surface area contributed by atoms with Crippen molar-refractivity contribution in [1.82, 2.24) is 4.90 Å². The molecule has 9 nitrogen and oxygen atoms in total. The quantitative estimate of drug-likeness (QED) is 0.156. The lowest BCUT2D eigenvalue weighted by Crippen LogP contribution is -2.43. The second kappa shape index (κ2) is 12.8. The Morgan fingerprint density at radius 3 is 2.53 bits per heavy atom. The fourth-order valence-electron chi connectivity index (χ4n) is 4.04. The molecule has 0 unspecified atom stereocenters. The van der Waals surface area contributed by atoms with Crippen LogP contribution in [0.15, 0.2) is 12.1 Å². The molecule has 1 aromatic rings. The van der Waals surface area contributed by atoms with E-state index in [1.54, 1.807) is 13.0 Å². The number of aldehydes is 1. The molecule has 1 amide bonds. The van der Waals surface area contributed by atoms with Crippen LogP contribution in [-0.2, 0) is 14.3 Å². The first-order valence-electron chi connectivity index (χ1n) is 11.1. The molecule has 0 saturated heterocycles. The standard InChI is InChI=1S/C23H32N2O7/c1-17-11-12-21(23(25(29)30)20(17)16-26)32-14-7-6-10-22(28)24(13-15-31-18(2)27)19-8-4-3-5-9-19/h11-12,16,19H,3-10,13-15H2,1-2H3. The number of nitro groups is 1. The Labute approximate surface area is 188 Å². The van der Waals surface area contributed by atoms with Crippen LogP contribution in [0.1, 0.15) is 74.2 Å². The lowest BCUT2D eigenvalue weighted by atomic mass is 9.94. The molecule has 1 aliphatic rings. The van der Waals surface area contributed by atoms with Gasteiger partial charge in [0.05, 0.1) is 23.6 Å².